The second kappa shape index (κ2) is 11.1. The zero-order chi connectivity index (χ0) is 20.4. The predicted octanol–water partition coefficient (Wildman–Crippen LogP) is 1.93. The molecule has 0 unspecified atom stereocenters. The van der Waals surface area contributed by atoms with E-state index in [0.29, 0.717) is 11.0 Å². The maximum absolute atomic E-state index is 13.2. The maximum Gasteiger partial charge on any atom is 0.252 e. The van der Waals surface area contributed by atoms with Crippen LogP contribution in [0.2, 0.25) is 0 Å². The smallest absolute Gasteiger partial charge is 0.252 e. The van der Waals surface area contributed by atoms with Gasteiger partial charge in [0.15, 0.2) is 0 Å². The second-order valence-electron chi connectivity index (χ2n) is 5.86. The van der Waals surface area contributed by atoms with Crippen molar-refractivity contribution in [2.75, 3.05) is 13.1 Å². The molecule has 1 aromatic carbocycles. The molecular weight excluding hydrogens is 431 g/mol. The van der Waals surface area contributed by atoms with Crippen LogP contribution < -0.4 is 16.0 Å². The van der Waals surface area contributed by atoms with Gasteiger partial charge in [-0.3, -0.25) is 19.4 Å². The maximum atomic E-state index is 13.2. The van der Waals surface area contributed by atoms with Crippen molar-refractivity contribution in [2.45, 2.75) is 19.4 Å². The highest BCUT2D eigenvalue weighted by Crippen LogP contribution is 2.17. The molecule has 2 rings (SSSR count). The highest BCUT2D eigenvalue weighted by atomic mass is 79.9. The van der Waals surface area contributed by atoms with Gasteiger partial charge in [0, 0.05) is 49.3 Å². The largest absolute Gasteiger partial charge is 0.356 e. The van der Waals surface area contributed by atoms with E-state index in [9.17, 15) is 18.8 Å². The average Bonchev–Trinajstić information content (AvgIpc) is 2.69. The molecule has 3 N–H and O–H groups in total. The molecule has 1 aromatic heterocycles. The van der Waals surface area contributed by atoms with E-state index in [4.69, 9.17) is 0 Å². The first-order chi connectivity index (χ1) is 13.5. The fourth-order valence-electron chi connectivity index (χ4n) is 2.25. The molecule has 0 atom stereocenters. The number of halogens is 2. The van der Waals surface area contributed by atoms with E-state index in [-0.39, 0.29) is 43.3 Å². The van der Waals surface area contributed by atoms with E-state index in [0.717, 1.165) is 11.6 Å². The van der Waals surface area contributed by atoms with Gasteiger partial charge >= 0.3 is 0 Å². The number of nitrogens with one attached hydrogen (secondary N) is 3. The average molecular weight is 451 g/mol. The van der Waals surface area contributed by atoms with Gasteiger partial charge in [-0.05, 0) is 51.8 Å². The van der Waals surface area contributed by atoms with Gasteiger partial charge in [0.05, 0.1) is 5.56 Å². The molecule has 0 aliphatic heterocycles. The molecule has 0 saturated carbocycles. The quantitative estimate of drug-likeness (QED) is 0.543. The Bertz CT molecular complexity index is 833. The zero-order valence-corrected chi connectivity index (χ0v) is 16.6. The van der Waals surface area contributed by atoms with Gasteiger partial charge < -0.3 is 16.0 Å². The van der Waals surface area contributed by atoms with Gasteiger partial charge in [0.1, 0.15) is 5.82 Å². The highest BCUT2D eigenvalue weighted by molar-refractivity contribution is 9.10. The van der Waals surface area contributed by atoms with Crippen molar-refractivity contribution in [3.05, 3.63) is 64.1 Å². The summed E-state index contributed by atoms with van der Waals surface area (Å²) in [7, 11) is 0. The van der Waals surface area contributed by atoms with E-state index >= 15 is 0 Å². The summed E-state index contributed by atoms with van der Waals surface area (Å²) in [5, 5.41) is 7.92. The summed E-state index contributed by atoms with van der Waals surface area (Å²) in [6, 6.07) is 7.40. The second-order valence-corrected chi connectivity index (χ2v) is 6.72. The predicted molar refractivity (Wildman–Crippen MR) is 105 cm³/mol. The topological polar surface area (TPSA) is 100 Å². The minimum atomic E-state index is -0.520. The van der Waals surface area contributed by atoms with Crippen LogP contribution in [0.3, 0.4) is 0 Å². The molecule has 148 valence electrons. The van der Waals surface area contributed by atoms with E-state index in [1.54, 1.807) is 24.5 Å². The van der Waals surface area contributed by atoms with Crippen molar-refractivity contribution in [3.8, 4) is 0 Å². The summed E-state index contributed by atoms with van der Waals surface area (Å²) in [5.41, 5.74) is 1.10. The molecular formula is C19H20BrFN4O3. The summed E-state index contributed by atoms with van der Waals surface area (Å²) < 4.78 is 13.7. The van der Waals surface area contributed by atoms with Gasteiger partial charge in [-0.25, -0.2) is 4.39 Å². The van der Waals surface area contributed by atoms with Crippen molar-refractivity contribution < 1.29 is 18.8 Å². The van der Waals surface area contributed by atoms with Crippen molar-refractivity contribution in [3.63, 3.8) is 0 Å². The molecule has 0 saturated heterocycles. The van der Waals surface area contributed by atoms with Crippen molar-refractivity contribution in [1.29, 1.82) is 0 Å². The van der Waals surface area contributed by atoms with E-state index < -0.39 is 11.7 Å². The third kappa shape index (κ3) is 7.43. The van der Waals surface area contributed by atoms with Gasteiger partial charge in [-0.1, -0.05) is 0 Å². The standard InChI is InChI=1S/C19H20BrFN4O3/c20-16-2-1-14(21)11-15(16)19(28)24-10-6-17(26)23-9-5-18(27)25-12-13-3-7-22-8-4-13/h1-4,7-8,11H,5-6,9-10,12H2,(H,23,26)(H,24,28)(H,25,27). The van der Waals surface area contributed by atoms with Crippen LogP contribution in [-0.4, -0.2) is 35.8 Å². The number of carbonyl (C=O) groups excluding carboxylic acids is 3. The van der Waals surface area contributed by atoms with Crippen LogP contribution in [-0.2, 0) is 16.1 Å². The molecule has 1 heterocycles. The Morgan fingerprint density at radius 3 is 2.29 bits per heavy atom. The van der Waals surface area contributed by atoms with E-state index in [1.165, 1.54) is 12.1 Å². The fraction of sp³-hybridized carbons (Fsp3) is 0.263. The van der Waals surface area contributed by atoms with E-state index in [1.807, 2.05) is 0 Å². The van der Waals surface area contributed by atoms with Crippen LogP contribution in [0.15, 0.2) is 47.2 Å². The van der Waals surface area contributed by atoms with Crippen LogP contribution in [0.4, 0.5) is 4.39 Å². The minimum Gasteiger partial charge on any atom is -0.356 e. The first-order valence-corrected chi connectivity index (χ1v) is 9.40. The molecule has 0 bridgehead atoms. The van der Waals surface area contributed by atoms with Crippen LogP contribution in [0.25, 0.3) is 0 Å². The SMILES string of the molecule is O=C(CCNC(=O)c1cc(F)ccc1Br)NCCC(=O)NCc1ccncc1. The lowest BCUT2D eigenvalue weighted by Crippen LogP contribution is -2.33. The lowest BCUT2D eigenvalue weighted by atomic mass is 10.2. The number of pyridine rings is 1. The van der Waals surface area contributed by atoms with Gasteiger partial charge in [-0.15, -0.1) is 0 Å². The number of rotatable bonds is 9. The Morgan fingerprint density at radius 2 is 1.57 bits per heavy atom. The lowest BCUT2D eigenvalue weighted by molar-refractivity contribution is -0.122. The van der Waals surface area contributed by atoms with Crippen molar-refractivity contribution in [1.82, 2.24) is 20.9 Å². The highest BCUT2D eigenvalue weighted by Gasteiger charge is 2.11. The number of carbonyl (C=O) groups is 3. The molecule has 0 fully saturated rings. The Balaban J connectivity index is 1.60. The lowest BCUT2D eigenvalue weighted by Gasteiger charge is -2.08. The van der Waals surface area contributed by atoms with Gasteiger partial charge in [-0.2, -0.15) is 0 Å². The number of aromatic nitrogens is 1. The first-order valence-electron chi connectivity index (χ1n) is 8.61. The number of hydrogen-bond donors (Lipinski definition) is 3. The summed E-state index contributed by atoms with van der Waals surface area (Å²) >= 11 is 3.18. The Hall–Kier alpha value is -2.81. The van der Waals surface area contributed by atoms with Crippen LogP contribution >= 0.6 is 15.9 Å². The number of hydrogen-bond acceptors (Lipinski definition) is 4. The van der Waals surface area contributed by atoms with E-state index in [2.05, 4.69) is 36.9 Å². The number of nitrogens with zero attached hydrogens (tertiary/aromatic N) is 1. The summed E-state index contributed by atoms with van der Waals surface area (Å²) in [6.45, 7) is 0.698. The molecule has 0 aliphatic rings. The Morgan fingerprint density at radius 1 is 0.929 bits per heavy atom. The molecule has 0 radical (unpaired) electrons. The minimum absolute atomic E-state index is 0.0529. The van der Waals surface area contributed by atoms with Gasteiger partial charge in [0.2, 0.25) is 11.8 Å². The van der Waals surface area contributed by atoms with Crippen LogP contribution in [0.1, 0.15) is 28.8 Å². The third-order valence-corrected chi connectivity index (χ3v) is 4.42. The van der Waals surface area contributed by atoms with Crippen LogP contribution in [0.5, 0.6) is 0 Å². The van der Waals surface area contributed by atoms with Crippen molar-refractivity contribution >= 4 is 33.7 Å². The summed E-state index contributed by atoms with van der Waals surface area (Å²) in [5.74, 6) is -1.47. The molecule has 0 aliphatic carbocycles. The fourth-order valence-corrected chi connectivity index (χ4v) is 2.68. The number of benzene rings is 1. The Labute approximate surface area is 170 Å². The third-order valence-electron chi connectivity index (χ3n) is 3.72. The Kier molecular flexibility index (Phi) is 8.54. The normalized spacial score (nSPS) is 10.2. The molecule has 7 nitrogen and oxygen atoms in total. The number of amides is 3. The first kappa shape index (κ1) is 21.5. The van der Waals surface area contributed by atoms with Gasteiger partial charge in [0.25, 0.3) is 5.91 Å². The molecule has 3 amide bonds. The zero-order valence-electron chi connectivity index (χ0n) is 15.0. The molecule has 0 spiro atoms. The molecule has 28 heavy (non-hydrogen) atoms. The monoisotopic (exact) mass is 450 g/mol. The molecule has 9 heteroatoms. The van der Waals surface area contributed by atoms with Crippen molar-refractivity contribution in [2.24, 2.45) is 0 Å². The molecule has 2 aromatic rings. The summed E-state index contributed by atoms with van der Waals surface area (Å²) in [6.07, 6.45) is 3.50. The van der Waals surface area contributed by atoms with Crippen LogP contribution in [0, 0.1) is 5.82 Å². The summed E-state index contributed by atoms with van der Waals surface area (Å²) in [4.78, 5) is 39.4.